The highest BCUT2D eigenvalue weighted by Crippen LogP contribution is 2.48. The molecule has 1 aromatic carbocycles. The zero-order valence-corrected chi connectivity index (χ0v) is 18.9. The molecule has 2 heterocycles. The smallest absolute Gasteiger partial charge is 0.449 e. The molecule has 1 amide bonds. The van der Waals surface area contributed by atoms with Crippen LogP contribution in [0.1, 0.15) is 57.4 Å². The second-order valence-electron chi connectivity index (χ2n) is 10.1. The summed E-state index contributed by atoms with van der Waals surface area (Å²) >= 11 is 0. The summed E-state index contributed by atoms with van der Waals surface area (Å²) < 4.78 is 47.9. The van der Waals surface area contributed by atoms with Crippen molar-refractivity contribution >= 4 is 6.09 Å². The number of halogens is 3. The van der Waals surface area contributed by atoms with Crippen LogP contribution >= 0.6 is 0 Å². The summed E-state index contributed by atoms with van der Waals surface area (Å²) in [6.45, 7) is 7.82. The third-order valence-electron chi connectivity index (χ3n) is 7.16. The Balaban J connectivity index is 1.26. The largest absolute Gasteiger partial charge is 0.573 e. The number of piperidine rings is 1. The summed E-state index contributed by atoms with van der Waals surface area (Å²) in [6, 6.07) is 7.02. The molecule has 2 aliphatic heterocycles. The van der Waals surface area contributed by atoms with Crippen LogP contribution in [0.5, 0.6) is 5.75 Å². The first-order valence-electron chi connectivity index (χ1n) is 11.6. The third kappa shape index (κ3) is 5.33. The normalized spacial score (nSPS) is 24.1. The highest BCUT2D eigenvalue weighted by Gasteiger charge is 2.51. The van der Waals surface area contributed by atoms with E-state index in [1.165, 1.54) is 6.07 Å². The monoisotopic (exact) mass is 454 g/mol. The van der Waals surface area contributed by atoms with E-state index in [0.29, 0.717) is 24.1 Å². The van der Waals surface area contributed by atoms with Crippen molar-refractivity contribution in [2.24, 2.45) is 11.3 Å². The Bertz CT molecular complexity index is 800. The number of para-hydroxylation sites is 1. The first-order valence-corrected chi connectivity index (χ1v) is 11.6. The number of alkyl halides is 3. The molecule has 3 fully saturated rings. The van der Waals surface area contributed by atoms with Gasteiger partial charge in [-0.15, -0.1) is 13.2 Å². The highest BCUT2D eigenvalue weighted by atomic mass is 19.4. The highest BCUT2D eigenvalue weighted by molar-refractivity contribution is 5.69. The maximum Gasteiger partial charge on any atom is 0.573 e. The van der Waals surface area contributed by atoms with Crippen LogP contribution in [0.3, 0.4) is 0 Å². The molecule has 0 bridgehead atoms. The molecule has 1 spiro atoms. The van der Waals surface area contributed by atoms with Crippen molar-refractivity contribution in [1.82, 2.24) is 9.80 Å². The van der Waals surface area contributed by atoms with Gasteiger partial charge in [-0.1, -0.05) is 32.0 Å². The van der Waals surface area contributed by atoms with Gasteiger partial charge in [0.2, 0.25) is 0 Å². The number of carbonyl (C=O) groups is 1. The predicted octanol–water partition coefficient (Wildman–Crippen LogP) is 5.41. The average molecular weight is 455 g/mol. The minimum absolute atomic E-state index is 0.0721. The van der Waals surface area contributed by atoms with Gasteiger partial charge in [0, 0.05) is 24.5 Å². The van der Waals surface area contributed by atoms with E-state index in [2.05, 4.69) is 9.64 Å². The number of benzene rings is 1. The van der Waals surface area contributed by atoms with Crippen LogP contribution in [0.25, 0.3) is 0 Å². The second-order valence-corrected chi connectivity index (χ2v) is 10.1. The van der Waals surface area contributed by atoms with Crippen molar-refractivity contribution < 1.29 is 27.4 Å². The Kier molecular flexibility index (Phi) is 6.61. The summed E-state index contributed by atoms with van der Waals surface area (Å²) in [7, 11) is 0. The van der Waals surface area contributed by atoms with Gasteiger partial charge in [-0.05, 0) is 68.7 Å². The molecule has 32 heavy (non-hydrogen) atoms. The van der Waals surface area contributed by atoms with Crippen LogP contribution < -0.4 is 4.74 Å². The Labute approximate surface area is 187 Å². The molecular weight excluding hydrogens is 421 g/mol. The Hall–Kier alpha value is -1.96. The molecule has 8 heteroatoms. The maximum absolute atomic E-state index is 12.8. The van der Waals surface area contributed by atoms with Crippen LogP contribution in [0, 0.1) is 11.3 Å². The first kappa shape index (κ1) is 23.2. The van der Waals surface area contributed by atoms with E-state index in [9.17, 15) is 18.0 Å². The van der Waals surface area contributed by atoms with Crippen LogP contribution in [-0.2, 0) is 4.74 Å². The fourth-order valence-electron chi connectivity index (χ4n) is 5.61. The van der Waals surface area contributed by atoms with Crippen molar-refractivity contribution in [2.45, 2.75) is 64.3 Å². The second kappa shape index (κ2) is 9.12. The molecule has 5 nitrogen and oxygen atoms in total. The van der Waals surface area contributed by atoms with E-state index in [1.807, 2.05) is 18.7 Å². The van der Waals surface area contributed by atoms with Crippen molar-refractivity contribution in [3.8, 4) is 5.75 Å². The number of likely N-dealkylation sites (tertiary alicyclic amines) is 2. The summed E-state index contributed by atoms with van der Waals surface area (Å²) in [4.78, 5) is 16.5. The third-order valence-corrected chi connectivity index (χ3v) is 7.16. The van der Waals surface area contributed by atoms with E-state index >= 15 is 0 Å². The fraction of sp³-hybridized carbons (Fsp3) is 0.708. The lowest BCUT2D eigenvalue weighted by Crippen LogP contribution is -2.58. The van der Waals surface area contributed by atoms with Crippen molar-refractivity contribution in [3.63, 3.8) is 0 Å². The van der Waals surface area contributed by atoms with Crippen LogP contribution in [0.2, 0.25) is 0 Å². The van der Waals surface area contributed by atoms with Crippen LogP contribution in [0.4, 0.5) is 18.0 Å². The predicted molar refractivity (Wildman–Crippen MR) is 115 cm³/mol. The lowest BCUT2D eigenvalue weighted by molar-refractivity contribution is -0.275. The first-order chi connectivity index (χ1) is 15.1. The van der Waals surface area contributed by atoms with Crippen LogP contribution in [-0.4, -0.2) is 61.1 Å². The molecule has 0 radical (unpaired) electrons. The van der Waals surface area contributed by atoms with Gasteiger partial charge in [-0.3, -0.25) is 0 Å². The van der Waals surface area contributed by atoms with E-state index in [1.54, 1.807) is 18.2 Å². The number of amides is 1. The zero-order chi connectivity index (χ0) is 22.9. The maximum atomic E-state index is 12.8. The van der Waals surface area contributed by atoms with Crippen molar-refractivity contribution in [3.05, 3.63) is 29.8 Å². The quantitative estimate of drug-likeness (QED) is 0.597. The molecule has 1 aliphatic carbocycles. The SMILES string of the molecule is CC(C)COC(=O)N1CC2(CCC(N3CCC(c4ccccc4OC(F)(F)F)CC3)C2)C1. The standard InChI is InChI=1S/C24H33F3N2O3/c1-17(2)14-31-22(30)29-15-23(16-29)10-7-19(13-23)28-11-8-18(9-12-28)20-5-3-4-6-21(20)32-24(25,26)27/h3-6,17-19H,7-16H2,1-2H3. The van der Waals surface area contributed by atoms with Crippen molar-refractivity contribution in [2.75, 3.05) is 32.8 Å². The van der Waals surface area contributed by atoms with Gasteiger partial charge in [0.05, 0.1) is 6.61 Å². The number of ether oxygens (including phenoxy) is 2. The molecular formula is C24H33F3N2O3. The minimum atomic E-state index is -4.67. The van der Waals surface area contributed by atoms with Gasteiger partial charge >= 0.3 is 12.5 Å². The summed E-state index contributed by atoms with van der Waals surface area (Å²) in [5, 5.41) is 0. The molecule has 178 valence electrons. The fourth-order valence-corrected chi connectivity index (χ4v) is 5.61. The Morgan fingerprint density at radius 1 is 1.16 bits per heavy atom. The van der Waals surface area contributed by atoms with Crippen molar-refractivity contribution in [1.29, 1.82) is 0 Å². The Morgan fingerprint density at radius 2 is 1.84 bits per heavy atom. The zero-order valence-electron chi connectivity index (χ0n) is 18.9. The molecule has 0 aromatic heterocycles. The van der Waals surface area contributed by atoms with Gasteiger partial charge < -0.3 is 19.3 Å². The summed E-state index contributed by atoms with van der Waals surface area (Å²) in [5.74, 6) is 0.340. The van der Waals surface area contributed by atoms with E-state index in [4.69, 9.17) is 4.74 Å². The van der Waals surface area contributed by atoms with Gasteiger partial charge in [0.1, 0.15) is 5.75 Å². The molecule has 1 saturated carbocycles. The summed E-state index contributed by atoms with van der Waals surface area (Å²) in [5.41, 5.74) is 0.868. The Morgan fingerprint density at radius 3 is 2.50 bits per heavy atom. The average Bonchev–Trinajstić information content (AvgIpc) is 3.16. The molecule has 3 aliphatic rings. The molecule has 1 aromatic rings. The molecule has 2 saturated heterocycles. The molecule has 4 rings (SSSR count). The lowest BCUT2D eigenvalue weighted by atomic mass is 9.78. The molecule has 0 N–H and O–H groups in total. The van der Waals surface area contributed by atoms with Gasteiger partial charge in [0.15, 0.2) is 0 Å². The molecule has 1 atom stereocenters. The minimum Gasteiger partial charge on any atom is -0.449 e. The number of hydrogen-bond donors (Lipinski definition) is 0. The lowest BCUT2D eigenvalue weighted by Gasteiger charge is -2.48. The number of hydrogen-bond acceptors (Lipinski definition) is 4. The van der Waals surface area contributed by atoms with E-state index < -0.39 is 6.36 Å². The topological polar surface area (TPSA) is 42.0 Å². The van der Waals surface area contributed by atoms with Gasteiger partial charge in [-0.2, -0.15) is 0 Å². The van der Waals surface area contributed by atoms with E-state index in [-0.39, 0.29) is 23.2 Å². The number of nitrogens with zero attached hydrogens (tertiary/aromatic N) is 2. The van der Waals surface area contributed by atoms with E-state index in [0.717, 1.165) is 58.3 Å². The summed E-state index contributed by atoms with van der Waals surface area (Å²) in [6.07, 6.45) is 0.103. The number of rotatable bonds is 5. The van der Waals surface area contributed by atoms with Gasteiger partial charge in [-0.25, -0.2) is 4.79 Å². The van der Waals surface area contributed by atoms with Gasteiger partial charge in [0.25, 0.3) is 0 Å². The number of carbonyl (C=O) groups excluding carboxylic acids is 1. The molecule has 1 unspecified atom stereocenters. The van der Waals surface area contributed by atoms with Crippen LogP contribution in [0.15, 0.2) is 24.3 Å².